The van der Waals surface area contributed by atoms with Gasteiger partial charge in [-0.1, -0.05) is 23.8 Å². The normalized spacial score (nSPS) is 13.6. The van der Waals surface area contributed by atoms with Gasteiger partial charge in [0.25, 0.3) is 5.91 Å². The largest absolute Gasteiger partial charge is 0.398 e. The highest BCUT2D eigenvalue weighted by Gasteiger charge is 2.16. The number of nitrogens with two attached hydrogens (primary N) is 1. The van der Waals surface area contributed by atoms with Crippen LogP contribution in [0.5, 0.6) is 0 Å². The molecule has 2 aromatic carbocycles. The van der Waals surface area contributed by atoms with E-state index in [0.717, 1.165) is 24.1 Å². The van der Waals surface area contributed by atoms with Gasteiger partial charge < -0.3 is 11.1 Å². The Bertz CT molecular complexity index is 692. The molecule has 0 saturated heterocycles. The van der Waals surface area contributed by atoms with Gasteiger partial charge in [0, 0.05) is 11.4 Å². The second-order valence-corrected chi connectivity index (χ2v) is 5.70. The molecule has 3 heteroatoms. The third-order valence-corrected chi connectivity index (χ3v) is 4.10. The molecule has 1 aliphatic carbocycles. The van der Waals surface area contributed by atoms with E-state index >= 15 is 0 Å². The van der Waals surface area contributed by atoms with E-state index in [1.54, 1.807) is 6.07 Å². The van der Waals surface area contributed by atoms with Crippen molar-refractivity contribution >= 4 is 17.3 Å². The molecule has 2 aromatic rings. The number of hydrogen-bond acceptors (Lipinski definition) is 2. The summed E-state index contributed by atoms with van der Waals surface area (Å²) in [6.07, 6.45) is 4.56. The molecule has 3 N–H and O–H groups in total. The Balaban J connectivity index is 1.90. The smallest absolute Gasteiger partial charge is 0.257 e. The Labute approximate surface area is 125 Å². The second kappa shape index (κ2) is 5.60. The molecule has 0 bridgehead atoms. The number of aryl methyl sites for hydroxylation is 2. The molecule has 0 aliphatic heterocycles. The third-order valence-electron chi connectivity index (χ3n) is 4.10. The predicted octanol–water partition coefficient (Wildman–Crippen LogP) is 3.71. The zero-order valence-electron chi connectivity index (χ0n) is 12.3. The summed E-state index contributed by atoms with van der Waals surface area (Å²) in [6.45, 7) is 1.96. The van der Waals surface area contributed by atoms with Gasteiger partial charge in [-0.25, -0.2) is 0 Å². The van der Waals surface area contributed by atoms with Crippen molar-refractivity contribution in [2.45, 2.75) is 32.6 Å². The van der Waals surface area contributed by atoms with E-state index < -0.39 is 0 Å². The highest BCUT2D eigenvalue weighted by molar-refractivity contribution is 6.08. The lowest BCUT2D eigenvalue weighted by Crippen LogP contribution is -2.17. The Morgan fingerprint density at radius 3 is 2.81 bits per heavy atom. The van der Waals surface area contributed by atoms with Gasteiger partial charge in [-0.15, -0.1) is 0 Å². The second-order valence-electron chi connectivity index (χ2n) is 5.70. The first-order valence-electron chi connectivity index (χ1n) is 7.43. The highest BCUT2D eigenvalue weighted by Crippen LogP contribution is 2.28. The van der Waals surface area contributed by atoms with Crippen LogP contribution in [0.25, 0.3) is 0 Å². The quantitative estimate of drug-likeness (QED) is 0.824. The Hall–Kier alpha value is -2.29. The summed E-state index contributed by atoms with van der Waals surface area (Å²) in [5.41, 5.74) is 11.6. The van der Waals surface area contributed by atoms with E-state index in [-0.39, 0.29) is 5.91 Å². The average Bonchev–Trinajstić information content (AvgIpc) is 2.50. The lowest BCUT2D eigenvalue weighted by Gasteiger charge is -2.20. The van der Waals surface area contributed by atoms with Crippen molar-refractivity contribution in [2.75, 3.05) is 11.1 Å². The van der Waals surface area contributed by atoms with Crippen molar-refractivity contribution < 1.29 is 4.79 Å². The number of amides is 1. The summed E-state index contributed by atoms with van der Waals surface area (Å²) in [4.78, 5) is 12.5. The molecule has 0 radical (unpaired) electrons. The maximum Gasteiger partial charge on any atom is 0.257 e. The maximum absolute atomic E-state index is 12.5. The number of carbonyl (C=O) groups excluding carboxylic acids is 1. The van der Waals surface area contributed by atoms with Gasteiger partial charge >= 0.3 is 0 Å². The molecule has 0 heterocycles. The van der Waals surface area contributed by atoms with Crippen LogP contribution in [0.1, 0.15) is 39.9 Å². The van der Waals surface area contributed by atoms with Crippen LogP contribution in [0.15, 0.2) is 36.4 Å². The van der Waals surface area contributed by atoms with Crippen molar-refractivity contribution in [3.63, 3.8) is 0 Å². The van der Waals surface area contributed by atoms with Gasteiger partial charge in [0.05, 0.1) is 5.56 Å². The van der Waals surface area contributed by atoms with Crippen LogP contribution >= 0.6 is 0 Å². The van der Waals surface area contributed by atoms with Gasteiger partial charge in [-0.3, -0.25) is 4.79 Å². The van der Waals surface area contributed by atoms with Crippen molar-refractivity contribution in [2.24, 2.45) is 0 Å². The summed E-state index contributed by atoms with van der Waals surface area (Å²) in [5.74, 6) is -0.129. The summed E-state index contributed by atoms with van der Waals surface area (Å²) in [6, 6.07) is 11.7. The van der Waals surface area contributed by atoms with E-state index in [1.807, 2.05) is 31.2 Å². The molecule has 21 heavy (non-hydrogen) atoms. The van der Waals surface area contributed by atoms with E-state index in [9.17, 15) is 4.79 Å². The van der Waals surface area contributed by atoms with Crippen LogP contribution in [0.2, 0.25) is 0 Å². The number of fused-ring (bicyclic) bond motifs is 1. The Morgan fingerprint density at radius 1 is 1.14 bits per heavy atom. The van der Waals surface area contributed by atoms with Crippen molar-refractivity contribution in [1.82, 2.24) is 0 Å². The fourth-order valence-electron chi connectivity index (χ4n) is 2.95. The van der Waals surface area contributed by atoms with E-state index in [4.69, 9.17) is 5.73 Å². The number of hydrogen-bond donors (Lipinski definition) is 2. The van der Waals surface area contributed by atoms with Crippen LogP contribution in [0.4, 0.5) is 11.4 Å². The molecule has 108 valence electrons. The minimum Gasteiger partial charge on any atom is -0.398 e. The molecule has 1 amide bonds. The van der Waals surface area contributed by atoms with E-state index in [2.05, 4.69) is 11.4 Å². The first-order valence-corrected chi connectivity index (χ1v) is 7.43. The number of nitrogen functional groups attached to an aromatic ring is 1. The molecule has 0 spiro atoms. The molecule has 0 saturated carbocycles. The number of anilines is 2. The highest BCUT2D eigenvalue weighted by atomic mass is 16.1. The Morgan fingerprint density at radius 2 is 1.95 bits per heavy atom. The number of benzene rings is 2. The van der Waals surface area contributed by atoms with Gasteiger partial charge in [-0.05, 0) is 61.9 Å². The Kier molecular flexibility index (Phi) is 3.65. The zero-order valence-corrected chi connectivity index (χ0v) is 12.3. The summed E-state index contributed by atoms with van der Waals surface area (Å²) in [5, 5.41) is 3.04. The molecule has 0 unspecified atom stereocenters. The van der Waals surface area contributed by atoms with Gasteiger partial charge in [-0.2, -0.15) is 0 Å². The van der Waals surface area contributed by atoms with E-state index in [1.165, 1.54) is 24.0 Å². The molecule has 0 aromatic heterocycles. The topological polar surface area (TPSA) is 55.1 Å². The van der Waals surface area contributed by atoms with Crippen LogP contribution in [0.3, 0.4) is 0 Å². The molecule has 3 nitrogen and oxygen atoms in total. The minimum absolute atomic E-state index is 0.129. The molecular weight excluding hydrogens is 260 g/mol. The molecule has 0 fully saturated rings. The zero-order chi connectivity index (χ0) is 14.8. The monoisotopic (exact) mass is 280 g/mol. The van der Waals surface area contributed by atoms with Crippen LogP contribution in [-0.2, 0) is 12.8 Å². The summed E-state index contributed by atoms with van der Waals surface area (Å²) < 4.78 is 0. The summed E-state index contributed by atoms with van der Waals surface area (Å²) >= 11 is 0. The first kappa shape index (κ1) is 13.7. The SMILES string of the molecule is Cc1ccc(N)c(C(=O)Nc2cccc3c2CCCC3)c1. The van der Waals surface area contributed by atoms with Crippen LogP contribution < -0.4 is 11.1 Å². The number of carbonyl (C=O) groups is 1. The fourth-order valence-corrected chi connectivity index (χ4v) is 2.95. The van der Waals surface area contributed by atoms with Crippen molar-refractivity contribution in [3.05, 3.63) is 58.7 Å². The number of rotatable bonds is 2. The fraction of sp³-hybridized carbons (Fsp3) is 0.278. The average molecular weight is 280 g/mol. The van der Waals surface area contributed by atoms with Gasteiger partial charge in [0.1, 0.15) is 0 Å². The molecule has 3 rings (SSSR count). The first-order chi connectivity index (χ1) is 10.1. The minimum atomic E-state index is -0.129. The van der Waals surface area contributed by atoms with Crippen LogP contribution in [0, 0.1) is 6.92 Å². The molecular formula is C18H20N2O. The molecule has 1 aliphatic rings. The lowest BCUT2D eigenvalue weighted by atomic mass is 9.90. The van der Waals surface area contributed by atoms with Crippen LogP contribution in [-0.4, -0.2) is 5.91 Å². The summed E-state index contributed by atoms with van der Waals surface area (Å²) in [7, 11) is 0. The third kappa shape index (κ3) is 2.77. The number of nitrogens with one attached hydrogen (secondary N) is 1. The van der Waals surface area contributed by atoms with Crippen molar-refractivity contribution in [3.8, 4) is 0 Å². The maximum atomic E-state index is 12.5. The predicted molar refractivity (Wildman–Crippen MR) is 86.6 cm³/mol. The lowest BCUT2D eigenvalue weighted by molar-refractivity contribution is 0.102. The van der Waals surface area contributed by atoms with Gasteiger partial charge in [0.2, 0.25) is 0 Å². The molecule has 0 atom stereocenters. The van der Waals surface area contributed by atoms with E-state index in [0.29, 0.717) is 11.3 Å². The van der Waals surface area contributed by atoms with Crippen molar-refractivity contribution in [1.29, 1.82) is 0 Å². The van der Waals surface area contributed by atoms with Gasteiger partial charge in [0.15, 0.2) is 0 Å². The standard InChI is InChI=1S/C18H20N2O/c1-12-9-10-16(19)15(11-12)18(21)20-17-8-4-6-13-5-2-3-7-14(13)17/h4,6,8-11H,2-3,5,7,19H2,1H3,(H,20,21).